The molecule has 30 heavy (non-hydrogen) atoms. The Hall–Kier alpha value is -2.65. The quantitative estimate of drug-likeness (QED) is 0.428. The van der Waals surface area contributed by atoms with Crippen LogP contribution in [-0.2, 0) is 17.8 Å². The zero-order valence-corrected chi connectivity index (χ0v) is 17.6. The lowest BCUT2D eigenvalue weighted by atomic mass is 9.66. The van der Waals surface area contributed by atoms with E-state index in [1.54, 1.807) is 0 Å². The maximum atomic E-state index is 12.4. The smallest absolute Gasteiger partial charge is 0.124 e. The summed E-state index contributed by atoms with van der Waals surface area (Å²) in [5.74, 6) is 0.774. The van der Waals surface area contributed by atoms with E-state index in [4.69, 9.17) is 0 Å². The molecule has 154 valence electrons. The summed E-state index contributed by atoms with van der Waals surface area (Å²) in [5, 5.41) is 1.32. The first-order valence-electron chi connectivity index (χ1n) is 11.2. The third-order valence-electron chi connectivity index (χ3n) is 7.54. The van der Waals surface area contributed by atoms with Gasteiger partial charge in [0.25, 0.3) is 0 Å². The first kappa shape index (κ1) is 19.3. The number of aromatic amines is 1. The van der Waals surface area contributed by atoms with E-state index in [2.05, 4.69) is 84.1 Å². The second-order valence-electron chi connectivity index (χ2n) is 8.93. The molecule has 2 aliphatic rings. The van der Waals surface area contributed by atoms with Gasteiger partial charge in [0.05, 0.1) is 6.04 Å². The van der Waals surface area contributed by atoms with Gasteiger partial charge in [0.1, 0.15) is 6.29 Å². The van der Waals surface area contributed by atoms with Crippen LogP contribution in [0.1, 0.15) is 42.6 Å². The maximum Gasteiger partial charge on any atom is 0.124 e. The molecule has 5 atom stereocenters. The Balaban J connectivity index is 1.62. The number of nitrogens with zero attached hydrogens (tertiary/aromatic N) is 1. The third kappa shape index (κ3) is 3.04. The summed E-state index contributed by atoms with van der Waals surface area (Å²) >= 11 is 0. The number of fused-ring (bicyclic) bond motifs is 6. The summed E-state index contributed by atoms with van der Waals surface area (Å²) in [6, 6.07) is 19.8. The van der Waals surface area contributed by atoms with Gasteiger partial charge >= 0.3 is 0 Å². The molecule has 0 radical (unpaired) electrons. The minimum Gasteiger partial charge on any atom is -0.357 e. The van der Waals surface area contributed by atoms with E-state index in [-0.39, 0.29) is 12.0 Å². The molecule has 0 saturated carbocycles. The van der Waals surface area contributed by atoms with Gasteiger partial charge in [-0.05, 0) is 48.3 Å². The fourth-order valence-corrected chi connectivity index (χ4v) is 6.08. The first-order chi connectivity index (χ1) is 14.7. The number of carbonyl (C=O) groups excluding carboxylic acids is 1. The van der Waals surface area contributed by atoms with Crippen molar-refractivity contribution in [3.63, 3.8) is 0 Å². The highest BCUT2D eigenvalue weighted by molar-refractivity contribution is 5.85. The average Bonchev–Trinajstić information content (AvgIpc) is 3.14. The summed E-state index contributed by atoms with van der Waals surface area (Å²) in [7, 11) is 0. The van der Waals surface area contributed by atoms with Crippen molar-refractivity contribution >= 4 is 17.2 Å². The van der Waals surface area contributed by atoms with E-state index in [0.29, 0.717) is 17.9 Å². The van der Waals surface area contributed by atoms with Crippen molar-refractivity contribution in [1.82, 2.24) is 9.88 Å². The Morgan fingerprint density at radius 2 is 1.93 bits per heavy atom. The van der Waals surface area contributed by atoms with Crippen molar-refractivity contribution in [3.05, 3.63) is 84.1 Å². The van der Waals surface area contributed by atoms with E-state index in [9.17, 15) is 4.79 Å². The normalized spacial score (nSPS) is 26.8. The van der Waals surface area contributed by atoms with Gasteiger partial charge in [0.15, 0.2) is 0 Å². The van der Waals surface area contributed by atoms with Gasteiger partial charge in [-0.2, -0.15) is 0 Å². The Morgan fingerprint density at radius 1 is 1.17 bits per heavy atom. The molecule has 1 aromatic heterocycles. The number of piperidine rings is 1. The minimum atomic E-state index is 0.0368. The van der Waals surface area contributed by atoms with Crippen LogP contribution in [0.4, 0.5) is 0 Å². The number of nitrogens with one attached hydrogen (secondary N) is 1. The van der Waals surface area contributed by atoms with Crippen LogP contribution >= 0.6 is 0 Å². The zero-order valence-electron chi connectivity index (χ0n) is 17.6. The molecule has 3 heterocycles. The Morgan fingerprint density at radius 3 is 2.67 bits per heavy atom. The second-order valence-corrected chi connectivity index (χ2v) is 8.93. The van der Waals surface area contributed by atoms with Gasteiger partial charge in [-0.25, -0.2) is 0 Å². The van der Waals surface area contributed by atoms with Crippen LogP contribution in [0, 0.1) is 17.8 Å². The van der Waals surface area contributed by atoms with E-state index in [1.807, 2.05) is 0 Å². The number of benzene rings is 2. The van der Waals surface area contributed by atoms with Crippen LogP contribution in [-0.4, -0.2) is 22.2 Å². The number of allylic oxidation sites excluding steroid dienone is 1. The molecule has 5 rings (SSSR count). The molecule has 2 bridgehead atoms. The first-order valence-corrected chi connectivity index (χ1v) is 11.2. The summed E-state index contributed by atoms with van der Waals surface area (Å²) in [6.45, 7) is 7.20. The number of hydrogen-bond acceptors (Lipinski definition) is 2. The molecule has 3 nitrogen and oxygen atoms in total. The van der Waals surface area contributed by atoms with Gasteiger partial charge in [-0.15, -0.1) is 6.58 Å². The lowest BCUT2D eigenvalue weighted by molar-refractivity contribution is -0.121. The topological polar surface area (TPSA) is 36.1 Å². The molecular weight excluding hydrogens is 368 g/mol. The molecular formula is C27H30N2O. The molecule has 0 spiro atoms. The molecule has 1 saturated heterocycles. The number of carbonyl (C=O) groups is 1. The summed E-state index contributed by atoms with van der Waals surface area (Å²) in [6.07, 6.45) is 6.29. The number of hydrogen-bond donors (Lipinski definition) is 1. The average molecular weight is 399 g/mol. The van der Waals surface area contributed by atoms with Crippen LogP contribution in [0.15, 0.2) is 67.3 Å². The fourth-order valence-electron chi connectivity index (χ4n) is 6.08. The van der Waals surface area contributed by atoms with Crippen LogP contribution < -0.4 is 0 Å². The van der Waals surface area contributed by atoms with Gasteiger partial charge in [-0.3, -0.25) is 4.90 Å². The molecule has 2 aliphatic heterocycles. The highest BCUT2D eigenvalue weighted by Crippen LogP contribution is 2.50. The van der Waals surface area contributed by atoms with Gasteiger partial charge in [0, 0.05) is 35.1 Å². The van der Waals surface area contributed by atoms with Crippen molar-refractivity contribution < 1.29 is 4.79 Å². The molecule has 3 heteroatoms. The van der Waals surface area contributed by atoms with Gasteiger partial charge in [-0.1, -0.05) is 61.5 Å². The molecule has 0 unspecified atom stereocenters. The summed E-state index contributed by atoms with van der Waals surface area (Å²) in [5.41, 5.74) is 5.30. The third-order valence-corrected chi connectivity index (χ3v) is 7.54. The number of para-hydroxylation sites is 1. The lowest BCUT2D eigenvalue weighted by Gasteiger charge is -2.53. The number of H-pyrrole nitrogens is 1. The van der Waals surface area contributed by atoms with Crippen molar-refractivity contribution in [2.45, 2.75) is 44.8 Å². The SMILES string of the molecule is C=C[C@@H](CC)[C@@H]1C[C@H]2c3[nH]c4ccccc4c3C[C@@H]([C@@H]1C=O)N2Cc1ccccc1. The molecule has 3 aromatic rings. The summed E-state index contributed by atoms with van der Waals surface area (Å²) in [4.78, 5) is 18.8. The van der Waals surface area contributed by atoms with Crippen LogP contribution in [0.5, 0.6) is 0 Å². The zero-order chi connectivity index (χ0) is 20.7. The highest BCUT2D eigenvalue weighted by atomic mass is 16.1. The monoisotopic (exact) mass is 398 g/mol. The van der Waals surface area contributed by atoms with Crippen LogP contribution in [0.2, 0.25) is 0 Å². The summed E-state index contributed by atoms with van der Waals surface area (Å²) < 4.78 is 0. The Bertz CT molecular complexity index is 1050. The van der Waals surface area contributed by atoms with E-state index in [0.717, 1.165) is 25.8 Å². The highest BCUT2D eigenvalue weighted by Gasteiger charge is 2.49. The van der Waals surface area contributed by atoms with Gasteiger partial charge in [0.2, 0.25) is 0 Å². The largest absolute Gasteiger partial charge is 0.357 e. The van der Waals surface area contributed by atoms with Crippen LogP contribution in [0.25, 0.3) is 10.9 Å². The van der Waals surface area contributed by atoms with Gasteiger partial charge < -0.3 is 9.78 Å². The van der Waals surface area contributed by atoms with Crippen molar-refractivity contribution in [2.75, 3.05) is 0 Å². The fraction of sp³-hybridized carbons (Fsp3) is 0.370. The molecule has 0 amide bonds. The Labute approximate surface area is 178 Å². The van der Waals surface area contributed by atoms with E-state index in [1.165, 1.54) is 34.0 Å². The lowest BCUT2D eigenvalue weighted by Crippen LogP contribution is -2.55. The van der Waals surface area contributed by atoms with Crippen molar-refractivity contribution in [1.29, 1.82) is 0 Å². The minimum absolute atomic E-state index is 0.0368. The number of aromatic nitrogens is 1. The predicted octanol–water partition coefficient (Wildman–Crippen LogP) is 5.68. The standard InChI is InChI=1S/C27H30N2O/c1-3-19(4-2)21-14-26-27-22(20-12-8-9-13-24(20)28-27)15-25(23(21)17-30)29(26)16-18-10-6-5-7-11-18/h3,5-13,17,19,21,23,25-26,28H,1,4,14-16H2,2H3/t19-,21-,23+,25-,26-/m0/s1. The van der Waals surface area contributed by atoms with Crippen molar-refractivity contribution in [2.24, 2.45) is 17.8 Å². The predicted molar refractivity (Wildman–Crippen MR) is 122 cm³/mol. The van der Waals surface area contributed by atoms with E-state index < -0.39 is 0 Å². The number of aldehydes is 1. The molecule has 0 aliphatic carbocycles. The Kier molecular flexibility index (Phi) is 5.08. The van der Waals surface area contributed by atoms with E-state index >= 15 is 0 Å². The molecule has 2 aromatic carbocycles. The second kappa shape index (κ2) is 7.88. The van der Waals surface area contributed by atoms with Crippen LogP contribution in [0.3, 0.4) is 0 Å². The van der Waals surface area contributed by atoms with Crippen molar-refractivity contribution in [3.8, 4) is 0 Å². The number of rotatable bonds is 6. The maximum absolute atomic E-state index is 12.4. The molecule has 1 fully saturated rings. The molecule has 1 N–H and O–H groups in total.